The second kappa shape index (κ2) is 6.07. The Morgan fingerprint density at radius 2 is 2.17 bits per heavy atom. The molecule has 18 heavy (non-hydrogen) atoms. The standard InChI is InChI=1S/C14H18N2OS/c1-10-14(11(2)17-16-10)9-18-13-6-4-5-12(7-13)8-15-3/h4-7,15H,8-9H2,1-3H3. The van der Waals surface area contributed by atoms with E-state index in [0.29, 0.717) is 0 Å². The van der Waals surface area contributed by atoms with Gasteiger partial charge in [0.05, 0.1) is 5.69 Å². The van der Waals surface area contributed by atoms with Crippen molar-refractivity contribution in [3.8, 4) is 0 Å². The van der Waals surface area contributed by atoms with Gasteiger partial charge in [-0.15, -0.1) is 11.8 Å². The first kappa shape index (κ1) is 13.2. The van der Waals surface area contributed by atoms with Gasteiger partial charge in [-0.25, -0.2) is 0 Å². The molecule has 0 atom stereocenters. The monoisotopic (exact) mass is 262 g/mol. The van der Waals surface area contributed by atoms with Gasteiger partial charge >= 0.3 is 0 Å². The molecule has 4 heteroatoms. The van der Waals surface area contributed by atoms with E-state index in [1.807, 2.05) is 32.7 Å². The van der Waals surface area contributed by atoms with Crippen LogP contribution in [0.1, 0.15) is 22.6 Å². The lowest BCUT2D eigenvalue weighted by Crippen LogP contribution is -2.04. The summed E-state index contributed by atoms with van der Waals surface area (Å²) < 4.78 is 5.17. The van der Waals surface area contributed by atoms with E-state index in [-0.39, 0.29) is 0 Å². The molecule has 0 spiro atoms. The van der Waals surface area contributed by atoms with Crippen LogP contribution < -0.4 is 5.32 Å². The Balaban J connectivity index is 2.04. The largest absolute Gasteiger partial charge is 0.361 e. The van der Waals surface area contributed by atoms with Gasteiger partial charge in [-0.3, -0.25) is 0 Å². The smallest absolute Gasteiger partial charge is 0.137 e. The number of hydrogen-bond donors (Lipinski definition) is 1. The van der Waals surface area contributed by atoms with E-state index in [2.05, 4.69) is 34.7 Å². The predicted octanol–water partition coefficient (Wildman–Crippen LogP) is 3.30. The fraction of sp³-hybridized carbons (Fsp3) is 0.357. The Morgan fingerprint density at radius 3 is 2.83 bits per heavy atom. The van der Waals surface area contributed by atoms with E-state index < -0.39 is 0 Å². The summed E-state index contributed by atoms with van der Waals surface area (Å²) in [5.41, 5.74) is 3.51. The minimum atomic E-state index is 0.903. The minimum Gasteiger partial charge on any atom is -0.361 e. The van der Waals surface area contributed by atoms with Gasteiger partial charge in [0.25, 0.3) is 0 Å². The number of nitrogens with zero attached hydrogens (tertiary/aromatic N) is 1. The molecular weight excluding hydrogens is 244 g/mol. The predicted molar refractivity (Wildman–Crippen MR) is 74.7 cm³/mol. The van der Waals surface area contributed by atoms with Crippen molar-refractivity contribution in [1.29, 1.82) is 0 Å². The Kier molecular flexibility index (Phi) is 4.44. The van der Waals surface area contributed by atoms with Crippen molar-refractivity contribution < 1.29 is 4.52 Å². The molecule has 1 heterocycles. The first-order valence-electron chi connectivity index (χ1n) is 5.99. The average Bonchev–Trinajstić information content (AvgIpc) is 2.68. The lowest BCUT2D eigenvalue weighted by Gasteiger charge is -2.04. The summed E-state index contributed by atoms with van der Waals surface area (Å²) in [7, 11) is 1.96. The van der Waals surface area contributed by atoms with Crippen molar-refractivity contribution in [1.82, 2.24) is 10.5 Å². The van der Waals surface area contributed by atoms with Crippen molar-refractivity contribution in [2.45, 2.75) is 31.0 Å². The van der Waals surface area contributed by atoms with Crippen LogP contribution in [0.15, 0.2) is 33.7 Å². The SMILES string of the molecule is CNCc1cccc(SCc2c(C)noc2C)c1. The maximum Gasteiger partial charge on any atom is 0.137 e. The molecule has 0 radical (unpaired) electrons. The summed E-state index contributed by atoms with van der Waals surface area (Å²) in [6.07, 6.45) is 0. The molecule has 0 saturated heterocycles. The quantitative estimate of drug-likeness (QED) is 0.839. The lowest BCUT2D eigenvalue weighted by molar-refractivity contribution is 0.392. The molecule has 1 aromatic heterocycles. The summed E-state index contributed by atoms with van der Waals surface area (Å²) in [5, 5.41) is 7.14. The van der Waals surface area contributed by atoms with Crippen LogP contribution in [0, 0.1) is 13.8 Å². The van der Waals surface area contributed by atoms with E-state index in [1.54, 1.807) is 0 Å². The number of hydrogen-bond acceptors (Lipinski definition) is 4. The molecule has 0 aliphatic rings. The highest BCUT2D eigenvalue weighted by Gasteiger charge is 2.09. The molecule has 0 unspecified atom stereocenters. The highest BCUT2D eigenvalue weighted by Crippen LogP contribution is 2.26. The number of aromatic nitrogens is 1. The first-order valence-corrected chi connectivity index (χ1v) is 6.97. The third-order valence-electron chi connectivity index (χ3n) is 2.84. The van der Waals surface area contributed by atoms with Crippen molar-refractivity contribution >= 4 is 11.8 Å². The Labute approximate surface area is 112 Å². The van der Waals surface area contributed by atoms with Crippen LogP contribution in [0.4, 0.5) is 0 Å². The van der Waals surface area contributed by atoms with Gasteiger partial charge in [-0.05, 0) is 38.6 Å². The maximum absolute atomic E-state index is 5.17. The third-order valence-corrected chi connectivity index (χ3v) is 3.86. The zero-order valence-electron chi connectivity index (χ0n) is 11.0. The molecule has 0 bridgehead atoms. The second-order valence-electron chi connectivity index (χ2n) is 4.27. The number of rotatable bonds is 5. The molecule has 1 N–H and O–H groups in total. The van der Waals surface area contributed by atoms with Crippen LogP contribution in [0.2, 0.25) is 0 Å². The van der Waals surface area contributed by atoms with Crippen molar-refractivity contribution in [3.63, 3.8) is 0 Å². The molecule has 0 amide bonds. The average molecular weight is 262 g/mol. The fourth-order valence-corrected chi connectivity index (χ4v) is 2.95. The third kappa shape index (κ3) is 3.15. The van der Waals surface area contributed by atoms with Crippen LogP contribution in [-0.2, 0) is 12.3 Å². The minimum absolute atomic E-state index is 0.903. The molecule has 2 aromatic rings. The maximum atomic E-state index is 5.17. The molecule has 1 aromatic carbocycles. The molecule has 0 aliphatic heterocycles. The first-order chi connectivity index (χ1) is 8.70. The Bertz CT molecular complexity index is 503. The topological polar surface area (TPSA) is 38.1 Å². The van der Waals surface area contributed by atoms with Gasteiger partial charge in [0, 0.05) is 22.8 Å². The summed E-state index contributed by atoms with van der Waals surface area (Å²) in [4.78, 5) is 1.28. The van der Waals surface area contributed by atoms with E-state index in [1.165, 1.54) is 16.0 Å². The van der Waals surface area contributed by atoms with Crippen molar-refractivity contribution in [2.24, 2.45) is 0 Å². The van der Waals surface area contributed by atoms with Crippen LogP contribution in [0.5, 0.6) is 0 Å². The molecular formula is C14H18N2OS. The fourth-order valence-electron chi connectivity index (χ4n) is 1.81. The zero-order valence-corrected chi connectivity index (χ0v) is 11.8. The molecule has 96 valence electrons. The van der Waals surface area contributed by atoms with Gasteiger partial charge in [-0.1, -0.05) is 17.3 Å². The molecule has 0 saturated carbocycles. The number of aryl methyl sites for hydroxylation is 2. The van der Waals surface area contributed by atoms with Gasteiger partial charge in [0.1, 0.15) is 5.76 Å². The highest BCUT2D eigenvalue weighted by molar-refractivity contribution is 7.98. The van der Waals surface area contributed by atoms with Crippen LogP contribution in [0.3, 0.4) is 0 Å². The number of benzene rings is 1. The van der Waals surface area contributed by atoms with Crippen molar-refractivity contribution in [3.05, 3.63) is 46.8 Å². The Morgan fingerprint density at radius 1 is 1.33 bits per heavy atom. The van der Waals surface area contributed by atoms with Crippen LogP contribution in [0.25, 0.3) is 0 Å². The molecule has 0 fully saturated rings. The van der Waals surface area contributed by atoms with Gasteiger partial charge in [0.2, 0.25) is 0 Å². The number of thioether (sulfide) groups is 1. The summed E-state index contributed by atoms with van der Waals surface area (Å²) in [6.45, 7) is 4.86. The molecule has 0 aliphatic carbocycles. The lowest BCUT2D eigenvalue weighted by atomic mass is 10.2. The van der Waals surface area contributed by atoms with E-state index in [0.717, 1.165) is 23.8 Å². The van der Waals surface area contributed by atoms with Gasteiger partial charge in [0.15, 0.2) is 0 Å². The summed E-state index contributed by atoms with van der Waals surface area (Å²) in [6, 6.07) is 8.60. The second-order valence-corrected chi connectivity index (χ2v) is 5.32. The molecule has 3 nitrogen and oxygen atoms in total. The van der Waals surface area contributed by atoms with Crippen LogP contribution in [-0.4, -0.2) is 12.2 Å². The van der Waals surface area contributed by atoms with Gasteiger partial charge < -0.3 is 9.84 Å². The van der Waals surface area contributed by atoms with E-state index in [9.17, 15) is 0 Å². The van der Waals surface area contributed by atoms with Gasteiger partial charge in [-0.2, -0.15) is 0 Å². The summed E-state index contributed by atoms with van der Waals surface area (Å²) in [5.74, 6) is 1.83. The van der Waals surface area contributed by atoms with Crippen molar-refractivity contribution in [2.75, 3.05) is 7.05 Å². The normalized spacial score (nSPS) is 10.8. The Hall–Kier alpha value is -1.26. The highest BCUT2D eigenvalue weighted by atomic mass is 32.2. The van der Waals surface area contributed by atoms with Crippen LogP contribution >= 0.6 is 11.8 Å². The van der Waals surface area contributed by atoms with E-state index in [4.69, 9.17) is 4.52 Å². The zero-order chi connectivity index (χ0) is 13.0. The van der Waals surface area contributed by atoms with E-state index >= 15 is 0 Å². The summed E-state index contributed by atoms with van der Waals surface area (Å²) >= 11 is 1.82. The number of nitrogens with one attached hydrogen (secondary N) is 1. The molecule has 2 rings (SSSR count).